The zero-order valence-electron chi connectivity index (χ0n) is 9.51. The van der Waals surface area contributed by atoms with Gasteiger partial charge in [0.25, 0.3) is 0 Å². The molecule has 0 radical (unpaired) electrons. The zero-order valence-corrected chi connectivity index (χ0v) is 11.1. The Morgan fingerprint density at radius 3 is 2.60 bits per heavy atom. The Balaban J connectivity index is 2.78. The molecule has 2 nitrogen and oxygen atoms in total. The number of halogens is 1. The zero-order chi connectivity index (χ0) is 11.5. The predicted molar refractivity (Wildman–Crippen MR) is 67.3 cm³/mol. The van der Waals surface area contributed by atoms with E-state index in [0.717, 1.165) is 23.1 Å². The molecule has 0 saturated heterocycles. The summed E-state index contributed by atoms with van der Waals surface area (Å²) in [6.07, 6.45) is 1.92. The van der Waals surface area contributed by atoms with Crippen molar-refractivity contribution in [1.82, 2.24) is 0 Å². The molecule has 0 aliphatic rings. The molecule has 0 bridgehead atoms. The third kappa shape index (κ3) is 3.84. The molecule has 0 aliphatic heterocycles. The van der Waals surface area contributed by atoms with Crippen molar-refractivity contribution >= 4 is 15.9 Å². The van der Waals surface area contributed by atoms with Gasteiger partial charge < -0.3 is 10.5 Å². The van der Waals surface area contributed by atoms with E-state index in [4.69, 9.17) is 10.5 Å². The Morgan fingerprint density at radius 1 is 1.40 bits per heavy atom. The molecule has 0 fully saturated rings. The first-order chi connectivity index (χ1) is 6.94. The van der Waals surface area contributed by atoms with E-state index >= 15 is 0 Å². The fraction of sp³-hybridized carbons (Fsp3) is 0.500. The summed E-state index contributed by atoms with van der Waals surface area (Å²) in [6.45, 7) is 4.09. The Morgan fingerprint density at radius 2 is 2.07 bits per heavy atom. The molecule has 15 heavy (non-hydrogen) atoms. The molecule has 3 heteroatoms. The van der Waals surface area contributed by atoms with Gasteiger partial charge in [-0.25, -0.2) is 0 Å². The highest BCUT2D eigenvalue weighted by Gasteiger charge is 2.12. The molecule has 2 N–H and O–H groups in total. The molecule has 0 spiro atoms. The monoisotopic (exact) mass is 271 g/mol. The van der Waals surface area contributed by atoms with Gasteiger partial charge in [0, 0.05) is 5.54 Å². The van der Waals surface area contributed by atoms with Crippen molar-refractivity contribution in [2.75, 3.05) is 7.11 Å². The molecule has 1 rings (SSSR count). The van der Waals surface area contributed by atoms with Gasteiger partial charge in [0.1, 0.15) is 5.75 Å². The second-order valence-electron chi connectivity index (χ2n) is 4.42. The maximum atomic E-state index is 5.96. The number of rotatable bonds is 4. The van der Waals surface area contributed by atoms with E-state index in [-0.39, 0.29) is 5.54 Å². The van der Waals surface area contributed by atoms with Gasteiger partial charge in [0.2, 0.25) is 0 Å². The maximum Gasteiger partial charge on any atom is 0.133 e. The quantitative estimate of drug-likeness (QED) is 0.914. The highest BCUT2D eigenvalue weighted by atomic mass is 79.9. The number of benzene rings is 1. The minimum absolute atomic E-state index is 0.123. The van der Waals surface area contributed by atoms with Crippen LogP contribution in [0.2, 0.25) is 0 Å². The SMILES string of the molecule is COc1cccc(CCC(C)(C)N)c1Br. The largest absolute Gasteiger partial charge is 0.496 e. The number of aryl methyl sites for hydroxylation is 1. The normalized spacial score (nSPS) is 11.5. The van der Waals surface area contributed by atoms with Crippen LogP contribution >= 0.6 is 15.9 Å². The van der Waals surface area contributed by atoms with Crippen molar-refractivity contribution < 1.29 is 4.74 Å². The van der Waals surface area contributed by atoms with Crippen molar-refractivity contribution in [3.05, 3.63) is 28.2 Å². The number of hydrogen-bond donors (Lipinski definition) is 1. The first kappa shape index (κ1) is 12.5. The fourth-order valence-electron chi connectivity index (χ4n) is 1.36. The van der Waals surface area contributed by atoms with E-state index in [2.05, 4.69) is 22.0 Å². The van der Waals surface area contributed by atoms with Crippen molar-refractivity contribution in [3.63, 3.8) is 0 Å². The van der Waals surface area contributed by atoms with Crippen LogP contribution in [0.25, 0.3) is 0 Å². The van der Waals surface area contributed by atoms with Gasteiger partial charge in [0.05, 0.1) is 11.6 Å². The Labute approximate surface area is 99.9 Å². The first-order valence-corrected chi connectivity index (χ1v) is 5.83. The molecule has 1 aromatic rings. The molecule has 0 unspecified atom stereocenters. The second-order valence-corrected chi connectivity index (χ2v) is 5.21. The topological polar surface area (TPSA) is 35.2 Å². The summed E-state index contributed by atoms with van der Waals surface area (Å²) in [6, 6.07) is 6.04. The standard InChI is InChI=1S/C12H18BrNO/c1-12(2,14)8-7-9-5-4-6-10(15-3)11(9)13/h4-6H,7-8,14H2,1-3H3. The van der Waals surface area contributed by atoms with Crippen LogP contribution in [0, 0.1) is 0 Å². The molecule has 0 saturated carbocycles. The lowest BCUT2D eigenvalue weighted by molar-refractivity contribution is 0.410. The van der Waals surface area contributed by atoms with E-state index < -0.39 is 0 Å². The lowest BCUT2D eigenvalue weighted by atomic mass is 9.96. The Kier molecular flexibility index (Phi) is 4.17. The highest BCUT2D eigenvalue weighted by molar-refractivity contribution is 9.10. The minimum Gasteiger partial charge on any atom is -0.496 e. The summed E-state index contributed by atoms with van der Waals surface area (Å²) in [5.41, 5.74) is 7.08. The van der Waals surface area contributed by atoms with Crippen LogP contribution < -0.4 is 10.5 Å². The summed E-state index contributed by atoms with van der Waals surface area (Å²) in [4.78, 5) is 0. The molecule has 0 aromatic heterocycles. The van der Waals surface area contributed by atoms with Crippen LogP contribution in [0.4, 0.5) is 0 Å². The summed E-state index contributed by atoms with van der Waals surface area (Å²) in [5.74, 6) is 0.877. The van der Waals surface area contributed by atoms with E-state index in [1.807, 2.05) is 26.0 Å². The van der Waals surface area contributed by atoms with Crippen LogP contribution in [0.1, 0.15) is 25.8 Å². The van der Waals surface area contributed by atoms with Gasteiger partial charge in [-0.05, 0) is 54.2 Å². The van der Waals surface area contributed by atoms with Crippen LogP contribution in [0.5, 0.6) is 5.75 Å². The van der Waals surface area contributed by atoms with Gasteiger partial charge in [-0.3, -0.25) is 0 Å². The number of hydrogen-bond acceptors (Lipinski definition) is 2. The van der Waals surface area contributed by atoms with Crippen LogP contribution in [0.3, 0.4) is 0 Å². The highest BCUT2D eigenvalue weighted by Crippen LogP contribution is 2.29. The van der Waals surface area contributed by atoms with Crippen LogP contribution in [-0.2, 0) is 6.42 Å². The number of ether oxygens (including phenoxy) is 1. The van der Waals surface area contributed by atoms with E-state index in [1.54, 1.807) is 7.11 Å². The molecule has 1 aromatic carbocycles. The molecular formula is C12H18BrNO. The summed E-state index contributed by atoms with van der Waals surface area (Å²) in [7, 11) is 1.68. The third-order valence-corrected chi connectivity index (χ3v) is 3.20. The number of nitrogens with two attached hydrogens (primary N) is 1. The molecule has 84 valence electrons. The molecule has 0 heterocycles. The molecular weight excluding hydrogens is 254 g/mol. The maximum absolute atomic E-state index is 5.96. The van der Waals surface area contributed by atoms with Gasteiger partial charge in [0.15, 0.2) is 0 Å². The molecule has 0 atom stereocenters. The second kappa shape index (κ2) is 4.99. The van der Waals surface area contributed by atoms with E-state index in [9.17, 15) is 0 Å². The lowest BCUT2D eigenvalue weighted by Gasteiger charge is -2.18. The van der Waals surface area contributed by atoms with Crippen molar-refractivity contribution in [2.45, 2.75) is 32.2 Å². The minimum atomic E-state index is -0.123. The van der Waals surface area contributed by atoms with E-state index in [0.29, 0.717) is 0 Å². The number of methoxy groups -OCH3 is 1. The fourth-order valence-corrected chi connectivity index (χ4v) is 1.99. The Hall–Kier alpha value is -0.540. The molecule has 0 aliphatic carbocycles. The smallest absolute Gasteiger partial charge is 0.133 e. The van der Waals surface area contributed by atoms with Gasteiger partial charge in [-0.2, -0.15) is 0 Å². The van der Waals surface area contributed by atoms with Gasteiger partial charge in [-0.15, -0.1) is 0 Å². The first-order valence-electron chi connectivity index (χ1n) is 5.04. The average Bonchev–Trinajstić information content (AvgIpc) is 2.15. The van der Waals surface area contributed by atoms with Crippen molar-refractivity contribution in [2.24, 2.45) is 5.73 Å². The average molecular weight is 272 g/mol. The van der Waals surface area contributed by atoms with Crippen molar-refractivity contribution in [1.29, 1.82) is 0 Å². The lowest BCUT2D eigenvalue weighted by Crippen LogP contribution is -2.32. The summed E-state index contributed by atoms with van der Waals surface area (Å²) < 4.78 is 6.28. The van der Waals surface area contributed by atoms with Crippen LogP contribution in [0.15, 0.2) is 22.7 Å². The Bertz CT molecular complexity index is 331. The van der Waals surface area contributed by atoms with E-state index in [1.165, 1.54) is 5.56 Å². The summed E-state index contributed by atoms with van der Waals surface area (Å²) >= 11 is 3.54. The van der Waals surface area contributed by atoms with Crippen molar-refractivity contribution in [3.8, 4) is 5.75 Å². The van der Waals surface area contributed by atoms with Gasteiger partial charge in [-0.1, -0.05) is 12.1 Å². The van der Waals surface area contributed by atoms with Crippen LogP contribution in [-0.4, -0.2) is 12.6 Å². The van der Waals surface area contributed by atoms with Gasteiger partial charge >= 0.3 is 0 Å². The summed E-state index contributed by atoms with van der Waals surface area (Å²) in [5, 5.41) is 0. The molecule has 0 amide bonds. The predicted octanol–water partition coefficient (Wildman–Crippen LogP) is 3.13. The third-order valence-electron chi connectivity index (χ3n) is 2.30.